The van der Waals surface area contributed by atoms with Crippen LogP contribution in [0.5, 0.6) is 0 Å². The maximum absolute atomic E-state index is 11.8. The molecule has 1 aromatic rings. The van der Waals surface area contributed by atoms with Gasteiger partial charge in [-0.05, 0) is 49.7 Å². The molecule has 0 aliphatic heterocycles. The molecular weight excluding hydrogens is 268 g/mol. The number of nitrogens with one attached hydrogen (secondary N) is 1. The van der Waals surface area contributed by atoms with E-state index in [1.54, 1.807) is 11.8 Å². The minimum atomic E-state index is 0.148. The number of benzene rings is 1. The molecule has 1 aliphatic rings. The van der Waals surface area contributed by atoms with Gasteiger partial charge in [-0.1, -0.05) is 24.3 Å². The van der Waals surface area contributed by atoms with Gasteiger partial charge < -0.3 is 10.2 Å². The van der Waals surface area contributed by atoms with E-state index in [1.807, 2.05) is 6.07 Å². The Morgan fingerprint density at radius 2 is 2.00 bits per heavy atom. The first-order chi connectivity index (χ1) is 9.65. The van der Waals surface area contributed by atoms with Crippen LogP contribution in [0, 0.1) is 5.92 Å². The summed E-state index contributed by atoms with van der Waals surface area (Å²) in [5, 5.41) is 3.03. The average Bonchev–Trinajstić information content (AvgIpc) is 3.21. The molecule has 2 rings (SSSR count). The second-order valence-corrected chi connectivity index (χ2v) is 6.77. The summed E-state index contributed by atoms with van der Waals surface area (Å²) in [4.78, 5) is 14.0. The lowest BCUT2D eigenvalue weighted by molar-refractivity contribution is -0.118. The molecule has 0 radical (unpaired) electrons. The summed E-state index contributed by atoms with van der Waals surface area (Å²) < 4.78 is 0. The fourth-order valence-corrected chi connectivity index (χ4v) is 3.14. The van der Waals surface area contributed by atoms with Crippen molar-refractivity contribution in [3.63, 3.8) is 0 Å². The van der Waals surface area contributed by atoms with Crippen LogP contribution in [0.15, 0.2) is 24.3 Å². The first-order valence-electron chi connectivity index (χ1n) is 7.21. The average molecular weight is 292 g/mol. The lowest BCUT2D eigenvalue weighted by atomic mass is 10.1. The van der Waals surface area contributed by atoms with Crippen molar-refractivity contribution >= 4 is 17.7 Å². The molecule has 110 valence electrons. The number of amides is 1. The smallest absolute Gasteiger partial charge is 0.230 e. The summed E-state index contributed by atoms with van der Waals surface area (Å²) in [6.45, 7) is 1.54. The number of nitrogens with zero attached hydrogens (tertiary/aromatic N) is 1. The minimum Gasteiger partial charge on any atom is -0.351 e. The van der Waals surface area contributed by atoms with Crippen molar-refractivity contribution in [3.8, 4) is 0 Å². The summed E-state index contributed by atoms with van der Waals surface area (Å²) in [6, 6.07) is 8.30. The van der Waals surface area contributed by atoms with E-state index in [0.717, 1.165) is 18.2 Å². The van der Waals surface area contributed by atoms with Crippen LogP contribution >= 0.6 is 11.8 Å². The zero-order chi connectivity index (χ0) is 14.4. The first kappa shape index (κ1) is 15.4. The molecule has 3 nitrogen and oxygen atoms in total. The molecule has 1 saturated carbocycles. The maximum atomic E-state index is 11.8. The Morgan fingerprint density at radius 1 is 1.30 bits per heavy atom. The lowest BCUT2D eigenvalue weighted by Crippen LogP contribution is -2.25. The van der Waals surface area contributed by atoms with Gasteiger partial charge >= 0.3 is 0 Å². The van der Waals surface area contributed by atoms with Crippen LogP contribution in [0.1, 0.15) is 24.0 Å². The zero-order valence-corrected chi connectivity index (χ0v) is 13.2. The fourth-order valence-electron chi connectivity index (χ4n) is 2.07. The van der Waals surface area contributed by atoms with Crippen molar-refractivity contribution in [1.82, 2.24) is 10.2 Å². The number of hydrogen-bond donors (Lipinski definition) is 1. The molecule has 1 fully saturated rings. The standard InChI is InChI=1S/C16H24N2OS/c1-18(2)10-15-6-4-3-5-14(15)9-17-16(19)12-20-11-13-7-8-13/h3-6,13H,7-12H2,1-2H3,(H,17,19). The van der Waals surface area contributed by atoms with Gasteiger partial charge in [-0.15, -0.1) is 0 Å². The molecule has 0 bridgehead atoms. The van der Waals surface area contributed by atoms with Crippen molar-refractivity contribution in [1.29, 1.82) is 0 Å². The van der Waals surface area contributed by atoms with Crippen LogP contribution in [0.3, 0.4) is 0 Å². The Hall–Kier alpha value is -1.000. The van der Waals surface area contributed by atoms with Gasteiger partial charge in [0.25, 0.3) is 0 Å². The lowest BCUT2D eigenvalue weighted by Gasteiger charge is -2.14. The van der Waals surface area contributed by atoms with Crippen LogP contribution in [-0.4, -0.2) is 36.4 Å². The van der Waals surface area contributed by atoms with Crippen LogP contribution in [0.2, 0.25) is 0 Å². The molecule has 4 heteroatoms. The molecule has 0 unspecified atom stereocenters. The number of rotatable bonds is 8. The van der Waals surface area contributed by atoms with Crippen LogP contribution in [0.4, 0.5) is 0 Å². The highest BCUT2D eigenvalue weighted by molar-refractivity contribution is 7.99. The van der Waals surface area contributed by atoms with Gasteiger partial charge in [0.05, 0.1) is 5.75 Å². The van der Waals surface area contributed by atoms with Gasteiger partial charge in [-0.2, -0.15) is 11.8 Å². The third-order valence-corrected chi connectivity index (χ3v) is 4.54. The van der Waals surface area contributed by atoms with E-state index in [1.165, 1.54) is 24.0 Å². The number of hydrogen-bond acceptors (Lipinski definition) is 3. The first-order valence-corrected chi connectivity index (χ1v) is 8.36. The molecule has 0 saturated heterocycles. The van der Waals surface area contributed by atoms with E-state index in [9.17, 15) is 4.79 Å². The van der Waals surface area contributed by atoms with Crippen molar-refractivity contribution in [2.75, 3.05) is 25.6 Å². The van der Waals surface area contributed by atoms with Crippen LogP contribution in [0.25, 0.3) is 0 Å². The molecule has 0 aromatic heterocycles. The Morgan fingerprint density at radius 3 is 2.65 bits per heavy atom. The monoisotopic (exact) mass is 292 g/mol. The molecule has 1 aliphatic carbocycles. The number of thioether (sulfide) groups is 1. The van der Waals surface area contributed by atoms with E-state index >= 15 is 0 Å². The highest BCUT2D eigenvalue weighted by atomic mass is 32.2. The van der Waals surface area contributed by atoms with Crippen LogP contribution in [-0.2, 0) is 17.9 Å². The molecule has 0 spiro atoms. The van der Waals surface area contributed by atoms with Crippen molar-refractivity contribution in [2.45, 2.75) is 25.9 Å². The Labute approximate surface area is 126 Å². The summed E-state index contributed by atoms with van der Waals surface area (Å²) >= 11 is 1.76. The Kier molecular flexibility index (Phi) is 5.92. The van der Waals surface area contributed by atoms with Gasteiger partial charge in [-0.3, -0.25) is 4.79 Å². The number of carbonyl (C=O) groups excluding carboxylic acids is 1. The molecule has 1 N–H and O–H groups in total. The van der Waals surface area contributed by atoms with E-state index in [-0.39, 0.29) is 5.91 Å². The van der Waals surface area contributed by atoms with E-state index in [4.69, 9.17) is 0 Å². The summed E-state index contributed by atoms with van der Waals surface area (Å²) in [5.74, 6) is 2.76. The van der Waals surface area contributed by atoms with Gasteiger partial charge in [0, 0.05) is 13.1 Å². The molecular formula is C16H24N2OS. The highest BCUT2D eigenvalue weighted by Gasteiger charge is 2.21. The highest BCUT2D eigenvalue weighted by Crippen LogP contribution is 2.32. The van der Waals surface area contributed by atoms with Crippen molar-refractivity contribution in [3.05, 3.63) is 35.4 Å². The summed E-state index contributed by atoms with van der Waals surface area (Å²) in [6.07, 6.45) is 2.71. The minimum absolute atomic E-state index is 0.148. The second-order valence-electron chi connectivity index (χ2n) is 5.74. The van der Waals surface area contributed by atoms with Crippen molar-refractivity contribution < 1.29 is 4.79 Å². The Bertz CT molecular complexity index is 444. The molecule has 0 heterocycles. The van der Waals surface area contributed by atoms with Gasteiger partial charge in [0.15, 0.2) is 0 Å². The third-order valence-electron chi connectivity index (χ3n) is 3.36. The van der Waals surface area contributed by atoms with Gasteiger partial charge in [0.1, 0.15) is 0 Å². The van der Waals surface area contributed by atoms with E-state index in [2.05, 4.69) is 42.5 Å². The largest absolute Gasteiger partial charge is 0.351 e. The molecule has 0 atom stereocenters. The van der Waals surface area contributed by atoms with Crippen LogP contribution < -0.4 is 5.32 Å². The third kappa shape index (κ3) is 5.55. The van der Waals surface area contributed by atoms with E-state index < -0.39 is 0 Å². The number of carbonyl (C=O) groups is 1. The van der Waals surface area contributed by atoms with Crippen molar-refractivity contribution in [2.24, 2.45) is 5.92 Å². The predicted molar refractivity (Wildman–Crippen MR) is 85.7 cm³/mol. The molecule has 1 amide bonds. The fraction of sp³-hybridized carbons (Fsp3) is 0.562. The predicted octanol–water partition coefficient (Wildman–Crippen LogP) is 2.51. The maximum Gasteiger partial charge on any atom is 0.230 e. The molecule has 1 aromatic carbocycles. The summed E-state index contributed by atoms with van der Waals surface area (Å²) in [7, 11) is 4.12. The second kappa shape index (κ2) is 7.70. The normalized spacial score (nSPS) is 14.6. The topological polar surface area (TPSA) is 32.3 Å². The quantitative estimate of drug-likeness (QED) is 0.799. The molecule has 20 heavy (non-hydrogen) atoms. The van der Waals surface area contributed by atoms with Gasteiger partial charge in [0.2, 0.25) is 5.91 Å². The summed E-state index contributed by atoms with van der Waals surface area (Å²) in [5.41, 5.74) is 2.49. The zero-order valence-electron chi connectivity index (χ0n) is 12.4. The van der Waals surface area contributed by atoms with E-state index in [0.29, 0.717) is 12.3 Å². The van der Waals surface area contributed by atoms with Gasteiger partial charge in [-0.25, -0.2) is 0 Å². The Balaban J connectivity index is 1.75. The SMILES string of the molecule is CN(C)Cc1ccccc1CNC(=O)CSCC1CC1.